The summed E-state index contributed by atoms with van der Waals surface area (Å²) < 4.78 is 11.7. The Bertz CT molecular complexity index is 880. The second kappa shape index (κ2) is 9.92. The van der Waals surface area contributed by atoms with Crippen molar-refractivity contribution < 1.29 is 19.1 Å². The number of H-pyrrole nitrogens is 1. The fourth-order valence-corrected chi connectivity index (χ4v) is 4.08. The first-order valence-electron chi connectivity index (χ1n) is 10.7. The first kappa shape index (κ1) is 22.1. The molecular weight excluding hydrogens is 392 g/mol. The molecule has 2 aliphatic rings. The Balaban J connectivity index is 1.88. The van der Waals surface area contributed by atoms with E-state index in [9.17, 15) is 19.2 Å². The molecule has 1 aliphatic heterocycles. The highest BCUT2D eigenvalue weighted by atomic mass is 16.6. The number of unbranched alkanes of at least 4 members (excludes halogenated alkanes) is 1. The van der Waals surface area contributed by atoms with Crippen LogP contribution in [0.2, 0.25) is 0 Å². The fraction of sp³-hybridized carbons (Fsp3) is 0.700. The van der Waals surface area contributed by atoms with Crippen LogP contribution in [0, 0.1) is 0 Å². The van der Waals surface area contributed by atoms with Crippen molar-refractivity contribution in [3.05, 3.63) is 20.8 Å². The van der Waals surface area contributed by atoms with Gasteiger partial charge < -0.3 is 15.2 Å². The maximum Gasteiger partial charge on any atom is 0.335 e. The number of nitrogens with two attached hydrogens (primary N) is 1. The van der Waals surface area contributed by atoms with Gasteiger partial charge in [0.05, 0.1) is 0 Å². The quantitative estimate of drug-likeness (QED) is 0.594. The fourth-order valence-electron chi connectivity index (χ4n) is 4.08. The first-order valence-corrected chi connectivity index (χ1v) is 10.7. The molecule has 0 bridgehead atoms. The predicted molar refractivity (Wildman–Crippen MR) is 110 cm³/mol. The molecule has 3 rings (SSSR count). The average Bonchev–Trinajstić information content (AvgIpc) is 3.43. The van der Waals surface area contributed by atoms with Gasteiger partial charge in [-0.2, -0.15) is 0 Å². The summed E-state index contributed by atoms with van der Waals surface area (Å²) in [5, 5.41) is 0. The molecule has 0 aromatic carbocycles. The molecule has 0 radical (unpaired) electrons. The molecule has 1 atom stereocenters. The molecule has 1 saturated heterocycles. The molecule has 2 heterocycles. The maximum absolute atomic E-state index is 13.1. The largest absolute Gasteiger partial charge is 0.454 e. The van der Waals surface area contributed by atoms with Gasteiger partial charge in [0.2, 0.25) is 0 Å². The van der Waals surface area contributed by atoms with Gasteiger partial charge in [-0.15, -0.1) is 0 Å². The van der Waals surface area contributed by atoms with Crippen LogP contribution in [0.4, 0.5) is 11.5 Å². The molecular formula is C20H30N4O6. The Kier molecular flexibility index (Phi) is 7.30. The van der Waals surface area contributed by atoms with Crippen LogP contribution in [-0.2, 0) is 25.6 Å². The number of carbonyl (C=O) groups is 2. The number of hydrogen-bond donors (Lipinski definition) is 2. The van der Waals surface area contributed by atoms with Gasteiger partial charge in [0.15, 0.2) is 18.4 Å². The molecule has 1 saturated carbocycles. The highest BCUT2D eigenvalue weighted by Crippen LogP contribution is 2.29. The van der Waals surface area contributed by atoms with E-state index >= 15 is 0 Å². The molecule has 10 nitrogen and oxygen atoms in total. The van der Waals surface area contributed by atoms with Gasteiger partial charge in [0.1, 0.15) is 5.82 Å². The summed E-state index contributed by atoms with van der Waals surface area (Å²) >= 11 is 0. The van der Waals surface area contributed by atoms with E-state index in [0.29, 0.717) is 38.8 Å². The van der Waals surface area contributed by atoms with Gasteiger partial charge >= 0.3 is 11.7 Å². The lowest BCUT2D eigenvalue weighted by atomic mass is 10.2. The van der Waals surface area contributed by atoms with Gasteiger partial charge in [0, 0.05) is 19.2 Å². The molecule has 10 heteroatoms. The van der Waals surface area contributed by atoms with E-state index in [0.717, 1.165) is 25.7 Å². The van der Waals surface area contributed by atoms with Crippen LogP contribution in [0.3, 0.4) is 0 Å². The average molecular weight is 422 g/mol. The summed E-state index contributed by atoms with van der Waals surface area (Å²) in [5.74, 6) is -1.16. The van der Waals surface area contributed by atoms with E-state index in [2.05, 4.69) is 4.98 Å². The molecule has 1 aromatic rings. The molecule has 3 N–H and O–H groups in total. The Hall–Kier alpha value is -2.62. The summed E-state index contributed by atoms with van der Waals surface area (Å²) in [7, 11) is 0. The molecule has 1 amide bonds. The summed E-state index contributed by atoms with van der Waals surface area (Å²) in [4.78, 5) is 53.7. The number of nitrogens with one attached hydrogen (secondary N) is 1. The zero-order chi connectivity index (χ0) is 21.7. The van der Waals surface area contributed by atoms with Gasteiger partial charge in [0.25, 0.3) is 11.5 Å². The number of carbonyl (C=O) groups excluding carboxylic acids is 2. The molecule has 2 fully saturated rings. The van der Waals surface area contributed by atoms with Crippen molar-refractivity contribution in [2.75, 3.05) is 23.8 Å². The molecule has 0 unspecified atom stereocenters. The lowest BCUT2D eigenvalue weighted by molar-refractivity contribution is -0.157. The number of rotatable bonds is 8. The zero-order valence-electron chi connectivity index (χ0n) is 17.4. The Labute approximate surface area is 174 Å². The van der Waals surface area contributed by atoms with Crippen molar-refractivity contribution in [2.24, 2.45) is 0 Å². The first-order chi connectivity index (χ1) is 14.4. The third-order valence-electron chi connectivity index (χ3n) is 5.68. The van der Waals surface area contributed by atoms with Crippen molar-refractivity contribution >= 4 is 23.4 Å². The normalized spacial score (nSPS) is 19.2. The number of esters is 1. The van der Waals surface area contributed by atoms with E-state index in [1.165, 1.54) is 9.47 Å². The zero-order valence-corrected chi connectivity index (χ0v) is 17.4. The third-order valence-corrected chi connectivity index (χ3v) is 5.68. The third kappa shape index (κ3) is 4.75. The van der Waals surface area contributed by atoms with Crippen molar-refractivity contribution in [1.29, 1.82) is 0 Å². The second-order valence-corrected chi connectivity index (χ2v) is 7.81. The van der Waals surface area contributed by atoms with Crippen molar-refractivity contribution in [3.63, 3.8) is 0 Å². The number of anilines is 2. The molecule has 30 heavy (non-hydrogen) atoms. The smallest absolute Gasteiger partial charge is 0.335 e. The lowest BCUT2D eigenvalue weighted by Gasteiger charge is -2.29. The molecule has 166 valence electrons. The van der Waals surface area contributed by atoms with Crippen LogP contribution >= 0.6 is 0 Å². The van der Waals surface area contributed by atoms with Gasteiger partial charge in [-0.05, 0) is 32.1 Å². The Morgan fingerprint density at radius 2 is 1.97 bits per heavy atom. The number of amides is 1. The van der Waals surface area contributed by atoms with Crippen LogP contribution in [0.25, 0.3) is 0 Å². The number of nitrogen functional groups attached to an aromatic ring is 1. The SMILES string of the molecule is CCCCn1c(N)c(N(C(=O)COC(=O)[C@H]2CCCO2)C2CCCC2)c(=O)[nH]c1=O. The molecule has 1 aliphatic carbocycles. The van der Waals surface area contributed by atoms with E-state index in [-0.39, 0.29) is 17.5 Å². The van der Waals surface area contributed by atoms with Gasteiger partial charge in [-0.3, -0.25) is 24.0 Å². The number of aromatic nitrogens is 2. The highest BCUT2D eigenvalue weighted by Gasteiger charge is 2.34. The Morgan fingerprint density at radius 1 is 1.23 bits per heavy atom. The summed E-state index contributed by atoms with van der Waals surface area (Å²) in [6, 6.07) is -0.237. The van der Waals surface area contributed by atoms with Gasteiger partial charge in [-0.1, -0.05) is 26.2 Å². The minimum Gasteiger partial charge on any atom is -0.454 e. The second-order valence-electron chi connectivity index (χ2n) is 7.81. The minimum atomic E-state index is -0.712. The monoisotopic (exact) mass is 422 g/mol. The summed E-state index contributed by atoms with van der Waals surface area (Å²) in [6.07, 6.45) is 5.46. The van der Waals surface area contributed by atoms with Crippen LogP contribution in [0.5, 0.6) is 0 Å². The van der Waals surface area contributed by atoms with Crippen LogP contribution in [0.15, 0.2) is 9.59 Å². The van der Waals surface area contributed by atoms with E-state index in [1.54, 1.807) is 0 Å². The number of nitrogens with zero attached hydrogens (tertiary/aromatic N) is 2. The van der Waals surface area contributed by atoms with Crippen LogP contribution in [0.1, 0.15) is 58.3 Å². The van der Waals surface area contributed by atoms with Crippen LogP contribution in [-0.4, -0.2) is 46.8 Å². The summed E-state index contributed by atoms with van der Waals surface area (Å²) in [5.41, 5.74) is 4.85. The number of aromatic amines is 1. The van der Waals surface area contributed by atoms with E-state index in [1.807, 2.05) is 6.92 Å². The van der Waals surface area contributed by atoms with Crippen molar-refractivity contribution in [1.82, 2.24) is 9.55 Å². The summed E-state index contributed by atoms with van der Waals surface area (Å²) in [6.45, 7) is 2.30. The lowest BCUT2D eigenvalue weighted by Crippen LogP contribution is -2.47. The standard InChI is InChI=1S/C20H30N4O6/c1-2-3-10-23-17(21)16(18(26)22-20(23)28)24(13-7-4-5-8-13)15(25)12-30-19(27)14-9-6-11-29-14/h13-14H,2-12,21H2,1H3,(H,22,26,28)/t14-/m1/s1. The highest BCUT2D eigenvalue weighted by molar-refractivity contribution is 5.98. The maximum atomic E-state index is 13.1. The van der Waals surface area contributed by atoms with E-state index in [4.69, 9.17) is 15.2 Å². The topological polar surface area (TPSA) is 137 Å². The van der Waals surface area contributed by atoms with Crippen molar-refractivity contribution in [3.8, 4) is 0 Å². The predicted octanol–water partition coefficient (Wildman–Crippen LogP) is 0.917. The Morgan fingerprint density at radius 3 is 2.60 bits per heavy atom. The van der Waals surface area contributed by atoms with E-state index < -0.39 is 35.8 Å². The van der Waals surface area contributed by atoms with Crippen molar-refractivity contribution in [2.45, 2.75) is 77.0 Å². The van der Waals surface area contributed by atoms with Crippen LogP contribution < -0.4 is 21.9 Å². The van der Waals surface area contributed by atoms with Gasteiger partial charge in [-0.25, -0.2) is 9.59 Å². The number of hydrogen-bond acceptors (Lipinski definition) is 7. The molecule has 1 aromatic heterocycles. The number of ether oxygens (including phenoxy) is 2. The molecule has 0 spiro atoms. The minimum absolute atomic E-state index is 0.0390.